The van der Waals surface area contributed by atoms with E-state index in [0.717, 1.165) is 12.3 Å². The lowest BCUT2D eigenvalue weighted by Gasteiger charge is -2.33. The Balaban J connectivity index is 1.82. The summed E-state index contributed by atoms with van der Waals surface area (Å²) in [5.74, 6) is 0.861. The second kappa shape index (κ2) is 5.90. The van der Waals surface area contributed by atoms with E-state index in [9.17, 15) is 0 Å². The Hall–Kier alpha value is -1.24. The molecule has 1 nitrogen and oxygen atoms in total. The van der Waals surface area contributed by atoms with Crippen LogP contribution in [0.2, 0.25) is 0 Å². The van der Waals surface area contributed by atoms with Crippen molar-refractivity contribution < 1.29 is 0 Å². The van der Waals surface area contributed by atoms with Gasteiger partial charge in [-0.05, 0) is 38.5 Å². The molecule has 0 amide bonds. The zero-order valence-corrected chi connectivity index (χ0v) is 10.9. The lowest BCUT2D eigenvalue weighted by molar-refractivity contribution is 0.227. The Labute approximate surface area is 105 Å². The summed E-state index contributed by atoms with van der Waals surface area (Å²) in [6.07, 6.45) is 16.1. The Morgan fingerprint density at radius 1 is 1.35 bits per heavy atom. The van der Waals surface area contributed by atoms with Crippen molar-refractivity contribution >= 4 is 0 Å². The first kappa shape index (κ1) is 12.2. The maximum absolute atomic E-state index is 4.03. The van der Waals surface area contributed by atoms with Gasteiger partial charge in [0.25, 0.3) is 0 Å². The topological polar surface area (TPSA) is 3.24 Å². The molecule has 1 saturated heterocycles. The van der Waals surface area contributed by atoms with Crippen molar-refractivity contribution in [2.24, 2.45) is 5.92 Å². The van der Waals surface area contributed by atoms with Gasteiger partial charge in [-0.2, -0.15) is 0 Å². The first-order chi connectivity index (χ1) is 8.25. The van der Waals surface area contributed by atoms with Gasteiger partial charge in [-0.15, -0.1) is 0 Å². The molecule has 2 rings (SSSR count). The third kappa shape index (κ3) is 3.62. The minimum absolute atomic E-state index is 0.861. The predicted molar refractivity (Wildman–Crippen MR) is 74.7 cm³/mol. The summed E-state index contributed by atoms with van der Waals surface area (Å²) in [7, 11) is 0. The fourth-order valence-corrected chi connectivity index (χ4v) is 2.63. The molecule has 0 aromatic heterocycles. The van der Waals surface area contributed by atoms with Crippen molar-refractivity contribution in [3.63, 3.8) is 0 Å². The van der Waals surface area contributed by atoms with Crippen LogP contribution in [0.15, 0.2) is 48.2 Å². The normalized spacial score (nSPS) is 21.2. The van der Waals surface area contributed by atoms with Crippen LogP contribution < -0.4 is 0 Å². The van der Waals surface area contributed by atoms with Gasteiger partial charge in [0.2, 0.25) is 0 Å². The van der Waals surface area contributed by atoms with E-state index in [1.165, 1.54) is 43.6 Å². The molecule has 0 aromatic carbocycles. The lowest BCUT2D eigenvalue weighted by Crippen LogP contribution is -2.32. The highest BCUT2D eigenvalue weighted by molar-refractivity contribution is 5.26. The van der Waals surface area contributed by atoms with E-state index < -0.39 is 0 Å². The molecule has 0 aromatic rings. The first-order valence-corrected chi connectivity index (χ1v) is 6.68. The maximum Gasteiger partial charge on any atom is 0.0177 e. The Bertz CT molecular complexity index is 352. The summed E-state index contributed by atoms with van der Waals surface area (Å²) in [5.41, 5.74) is 2.74. The molecule has 1 aliphatic carbocycles. The number of likely N-dealkylation sites (tertiary alicyclic amines) is 1. The van der Waals surface area contributed by atoms with Crippen LogP contribution in [-0.2, 0) is 0 Å². The highest BCUT2D eigenvalue weighted by atomic mass is 15.1. The van der Waals surface area contributed by atoms with Crippen molar-refractivity contribution in [3.05, 3.63) is 48.2 Å². The van der Waals surface area contributed by atoms with Crippen LogP contribution in [0.3, 0.4) is 0 Å². The molecular formula is C16H23N. The molecule has 1 aliphatic heterocycles. The van der Waals surface area contributed by atoms with Gasteiger partial charge in [0.1, 0.15) is 0 Å². The molecule has 1 heteroatoms. The monoisotopic (exact) mass is 229 g/mol. The van der Waals surface area contributed by atoms with Crippen molar-refractivity contribution in [1.82, 2.24) is 4.90 Å². The van der Waals surface area contributed by atoms with E-state index >= 15 is 0 Å². The van der Waals surface area contributed by atoms with Gasteiger partial charge >= 0.3 is 0 Å². The lowest BCUT2D eigenvalue weighted by atomic mass is 9.89. The summed E-state index contributed by atoms with van der Waals surface area (Å²) in [6.45, 7) is 8.52. The van der Waals surface area contributed by atoms with Gasteiger partial charge in [0, 0.05) is 18.8 Å². The van der Waals surface area contributed by atoms with Crippen LogP contribution in [-0.4, -0.2) is 18.0 Å². The molecule has 2 aliphatic rings. The summed E-state index contributed by atoms with van der Waals surface area (Å²) >= 11 is 0. The van der Waals surface area contributed by atoms with Gasteiger partial charge < -0.3 is 4.90 Å². The van der Waals surface area contributed by atoms with Crippen molar-refractivity contribution in [2.75, 3.05) is 13.1 Å². The molecule has 1 fully saturated rings. The van der Waals surface area contributed by atoms with Crippen LogP contribution in [0.5, 0.6) is 0 Å². The van der Waals surface area contributed by atoms with Gasteiger partial charge in [-0.3, -0.25) is 0 Å². The van der Waals surface area contributed by atoms with Crippen LogP contribution in [0.1, 0.15) is 32.6 Å². The number of allylic oxidation sites excluding steroid dienone is 7. The second-order valence-corrected chi connectivity index (χ2v) is 5.17. The van der Waals surface area contributed by atoms with Crippen LogP contribution in [0, 0.1) is 5.92 Å². The Morgan fingerprint density at radius 2 is 2.12 bits per heavy atom. The molecule has 0 atom stereocenters. The standard InChI is InChI=1S/C16H23N/c1-14(2)17-11-9-16(10-12-17)13-15-7-5-3-4-6-8-15/h3-5,7-8,16H,1,6,9-13H2,2H3. The molecular weight excluding hydrogens is 206 g/mol. The molecule has 92 valence electrons. The van der Waals surface area contributed by atoms with E-state index in [1.807, 2.05) is 0 Å². The number of nitrogens with zero attached hydrogens (tertiary/aromatic N) is 1. The van der Waals surface area contributed by atoms with Crippen molar-refractivity contribution in [1.29, 1.82) is 0 Å². The fourth-order valence-electron chi connectivity index (χ4n) is 2.63. The predicted octanol–water partition coefficient (Wildman–Crippen LogP) is 4.06. The summed E-state index contributed by atoms with van der Waals surface area (Å²) < 4.78 is 0. The molecule has 0 N–H and O–H groups in total. The SMILES string of the molecule is C=C(C)N1CCC(CC2=CCC=CC=C2)CC1. The molecule has 1 heterocycles. The molecule has 17 heavy (non-hydrogen) atoms. The zero-order valence-electron chi connectivity index (χ0n) is 10.9. The van der Waals surface area contributed by atoms with Gasteiger partial charge in [0.15, 0.2) is 0 Å². The molecule has 0 bridgehead atoms. The average molecular weight is 229 g/mol. The maximum atomic E-state index is 4.03. The molecule has 0 saturated carbocycles. The summed E-state index contributed by atoms with van der Waals surface area (Å²) in [4.78, 5) is 2.41. The molecule has 0 unspecified atom stereocenters. The van der Waals surface area contributed by atoms with E-state index in [0.29, 0.717) is 0 Å². The number of piperidine rings is 1. The first-order valence-electron chi connectivity index (χ1n) is 6.68. The largest absolute Gasteiger partial charge is 0.376 e. The second-order valence-electron chi connectivity index (χ2n) is 5.17. The van der Waals surface area contributed by atoms with E-state index in [4.69, 9.17) is 0 Å². The smallest absolute Gasteiger partial charge is 0.0177 e. The van der Waals surface area contributed by atoms with Gasteiger partial charge in [-0.1, -0.05) is 42.5 Å². The third-order valence-corrected chi connectivity index (χ3v) is 3.75. The van der Waals surface area contributed by atoms with Crippen LogP contribution >= 0.6 is 0 Å². The third-order valence-electron chi connectivity index (χ3n) is 3.75. The summed E-state index contributed by atoms with van der Waals surface area (Å²) in [5, 5.41) is 0. The van der Waals surface area contributed by atoms with Crippen molar-refractivity contribution in [2.45, 2.75) is 32.6 Å². The van der Waals surface area contributed by atoms with Crippen LogP contribution in [0.25, 0.3) is 0 Å². The highest BCUT2D eigenvalue weighted by Gasteiger charge is 2.19. The summed E-state index contributed by atoms with van der Waals surface area (Å²) in [6, 6.07) is 0. The van der Waals surface area contributed by atoms with E-state index in [1.54, 1.807) is 0 Å². The molecule has 0 spiro atoms. The zero-order chi connectivity index (χ0) is 12.1. The fraction of sp³-hybridized carbons (Fsp3) is 0.500. The quantitative estimate of drug-likeness (QED) is 0.705. The van der Waals surface area contributed by atoms with Gasteiger partial charge in [-0.25, -0.2) is 0 Å². The van der Waals surface area contributed by atoms with E-state index in [2.05, 4.69) is 48.8 Å². The van der Waals surface area contributed by atoms with Gasteiger partial charge in [0.05, 0.1) is 0 Å². The number of rotatable bonds is 3. The highest BCUT2D eigenvalue weighted by Crippen LogP contribution is 2.26. The molecule has 0 radical (unpaired) electrons. The van der Waals surface area contributed by atoms with Crippen molar-refractivity contribution in [3.8, 4) is 0 Å². The van der Waals surface area contributed by atoms with E-state index in [-0.39, 0.29) is 0 Å². The Kier molecular flexibility index (Phi) is 4.24. The number of hydrogen-bond acceptors (Lipinski definition) is 1. The average Bonchev–Trinajstić information content (AvgIpc) is 2.58. The Morgan fingerprint density at radius 3 is 2.82 bits per heavy atom. The number of hydrogen-bond donors (Lipinski definition) is 0. The minimum atomic E-state index is 0.861. The van der Waals surface area contributed by atoms with Crippen LogP contribution in [0.4, 0.5) is 0 Å². The minimum Gasteiger partial charge on any atom is -0.376 e.